The Kier molecular flexibility index (Phi) is 3.82. The van der Waals surface area contributed by atoms with E-state index >= 15 is 0 Å². The standard InChI is InChI=1S/C15H20FN/c1-3-5-6-10-17-11-12(4-2)15-13(16)8-7-9-14(15)17/h7-9,11H,3-6,10H2,1-2H3. The molecule has 0 N–H and O–H groups in total. The zero-order chi connectivity index (χ0) is 12.3. The Labute approximate surface area is 102 Å². The van der Waals surface area contributed by atoms with Crippen molar-refractivity contribution >= 4 is 10.9 Å². The van der Waals surface area contributed by atoms with Crippen LogP contribution in [0.25, 0.3) is 10.9 Å². The van der Waals surface area contributed by atoms with Gasteiger partial charge in [-0.05, 0) is 30.5 Å². The van der Waals surface area contributed by atoms with Crippen LogP contribution in [-0.2, 0) is 13.0 Å². The minimum absolute atomic E-state index is 0.0893. The molecule has 2 aromatic rings. The summed E-state index contributed by atoms with van der Waals surface area (Å²) in [5, 5.41) is 0.812. The zero-order valence-corrected chi connectivity index (χ0v) is 10.7. The summed E-state index contributed by atoms with van der Waals surface area (Å²) in [4.78, 5) is 0. The van der Waals surface area contributed by atoms with Gasteiger partial charge in [0.25, 0.3) is 0 Å². The Bertz CT molecular complexity index is 499. The topological polar surface area (TPSA) is 4.93 Å². The molecular formula is C15H20FN. The van der Waals surface area contributed by atoms with Crippen molar-refractivity contribution in [2.45, 2.75) is 46.1 Å². The van der Waals surface area contributed by atoms with Crippen molar-refractivity contribution in [3.8, 4) is 0 Å². The molecule has 1 aromatic heterocycles. The fourth-order valence-corrected chi connectivity index (χ4v) is 2.38. The number of benzene rings is 1. The molecule has 0 radical (unpaired) electrons. The van der Waals surface area contributed by atoms with E-state index in [2.05, 4.69) is 24.6 Å². The van der Waals surface area contributed by atoms with E-state index in [0.717, 1.165) is 29.4 Å². The van der Waals surface area contributed by atoms with Crippen molar-refractivity contribution in [1.82, 2.24) is 4.57 Å². The number of rotatable bonds is 5. The first-order valence-corrected chi connectivity index (χ1v) is 6.54. The molecule has 1 aromatic carbocycles. The molecule has 0 aliphatic rings. The van der Waals surface area contributed by atoms with Crippen molar-refractivity contribution in [1.29, 1.82) is 0 Å². The van der Waals surface area contributed by atoms with Crippen molar-refractivity contribution in [3.05, 3.63) is 35.8 Å². The van der Waals surface area contributed by atoms with Gasteiger partial charge in [-0.2, -0.15) is 0 Å². The highest BCUT2D eigenvalue weighted by Gasteiger charge is 2.10. The molecule has 0 unspecified atom stereocenters. The second-order valence-electron chi connectivity index (χ2n) is 4.54. The maximum absolute atomic E-state index is 13.8. The second-order valence-corrected chi connectivity index (χ2v) is 4.54. The molecule has 0 saturated heterocycles. The van der Waals surface area contributed by atoms with Crippen LogP contribution < -0.4 is 0 Å². The first-order valence-electron chi connectivity index (χ1n) is 6.54. The molecule has 2 rings (SSSR count). The molecule has 0 spiro atoms. The lowest BCUT2D eigenvalue weighted by Crippen LogP contribution is -1.95. The van der Waals surface area contributed by atoms with Crippen molar-refractivity contribution in [2.24, 2.45) is 0 Å². The Morgan fingerprint density at radius 2 is 2.00 bits per heavy atom. The summed E-state index contributed by atoms with van der Waals surface area (Å²) in [6.45, 7) is 5.27. The van der Waals surface area contributed by atoms with E-state index in [9.17, 15) is 4.39 Å². The van der Waals surface area contributed by atoms with Crippen molar-refractivity contribution in [2.75, 3.05) is 0 Å². The average molecular weight is 233 g/mol. The van der Waals surface area contributed by atoms with Gasteiger partial charge < -0.3 is 4.57 Å². The van der Waals surface area contributed by atoms with Crippen LogP contribution in [0.15, 0.2) is 24.4 Å². The molecule has 0 bridgehead atoms. The van der Waals surface area contributed by atoms with Crippen LogP contribution in [0.1, 0.15) is 38.7 Å². The maximum Gasteiger partial charge on any atom is 0.132 e. The van der Waals surface area contributed by atoms with Gasteiger partial charge in [-0.25, -0.2) is 4.39 Å². The smallest absolute Gasteiger partial charge is 0.132 e. The lowest BCUT2D eigenvalue weighted by molar-refractivity contribution is 0.614. The van der Waals surface area contributed by atoms with Crippen molar-refractivity contribution < 1.29 is 4.39 Å². The van der Waals surface area contributed by atoms with Gasteiger partial charge in [0.2, 0.25) is 0 Å². The number of hydrogen-bond donors (Lipinski definition) is 0. The van der Waals surface area contributed by atoms with E-state index in [1.807, 2.05) is 6.07 Å². The molecule has 0 saturated carbocycles. The third-order valence-corrected chi connectivity index (χ3v) is 3.32. The number of halogens is 1. The minimum Gasteiger partial charge on any atom is -0.347 e. The van der Waals surface area contributed by atoms with Gasteiger partial charge in [0.1, 0.15) is 5.82 Å². The summed E-state index contributed by atoms with van der Waals surface area (Å²) in [6.07, 6.45) is 6.62. The predicted molar refractivity (Wildman–Crippen MR) is 70.8 cm³/mol. The molecule has 0 fully saturated rings. The van der Waals surface area contributed by atoms with Crippen LogP contribution in [0.2, 0.25) is 0 Å². The number of unbranched alkanes of at least 4 members (excludes halogenated alkanes) is 2. The van der Waals surface area contributed by atoms with Gasteiger partial charge in [-0.3, -0.25) is 0 Å². The monoisotopic (exact) mass is 233 g/mol. The van der Waals surface area contributed by atoms with Crippen LogP contribution in [0, 0.1) is 5.82 Å². The van der Waals surface area contributed by atoms with Crippen LogP contribution in [-0.4, -0.2) is 4.57 Å². The van der Waals surface area contributed by atoms with E-state index < -0.39 is 0 Å². The third-order valence-electron chi connectivity index (χ3n) is 3.32. The number of hydrogen-bond acceptors (Lipinski definition) is 0. The van der Waals surface area contributed by atoms with E-state index in [4.69, 9.17) is 0 Å². The van der Waals surface area contributed by atoms with Gasteiger partial charge in [-0.15, -0.1) is 0 Å². The lowest BCUT2D eigenvalue weighted by Gasteiger charge is -2.04. The summed E-state index contributed by atoms with van der Waals surface area (Å²) in [6, 6.07) is 5.37. The Morgan fingerprint density at radius 1 is 1.18 bits per heavy atom. The van der Waals surface area contributed by atoms with Gasteiger partial charge in [0.15, 0.2) is 0 Å². The van der Waals surface area contributed by atoms with Gasteiger partial charge in [0, 0.05) is 18.1 Å². The van der Waals surface area contributed by atoms with Crippen LogP contribution in [0.5, 0.6) is 0 Å². The molecular weight excluding hydrogens is 213 g/mol. The molecule has 0 aliphatic carbocycles. The highest BCUT2D eigenvalue weighted by molar-refractivity contribution is 5.84. The summed E-state index contributed by atoms with van der Waals surface area (Å²) >= 11 is 0. The maximum atomic E-state index is 13.8. The quantitative estimate of drug-likeness (QED) is 0.668. The van der Waals surface area contributed by atoms with Crippen LogP contribution >= 0.6 is 0 Å². The van der Waals surface area contributed by atoms with Crippen molar-refractivity contribution in [3.63, 3.8) is 0 Å². The lowest BCUT2D eigenvalue weighted by atomic mass is 10.1. The SMILES string of the molecule is CCCCCn1cc(CC)c2c(F)cccc21. The van der Waals surface area contributed by atoms with E-state index in [1.54, 1.807) is 12.1 Å². The largest absolute Gasteiger partial charge is 0.347 e. The normalized spacial score (nSPS) is 11.2. The van der Waals surface area contributed by atoms with E-state index in [-0.39, 0.29) is 5.82 Å². The van der Waals surface area contributed by atoms with E-state index in [1.165, 1.54) is 19.3 Å². The first kappa shape index (κ1) is 12.2. The predicted octanol–water partition coefficient (Wildman–Crippen LogP) is 4.53. The van der Waals surface area contributed by atoms with E-state index in [0.29, 0.717) is 0 Å². The first-order chi connectivity index (χ1) is 8.27. The molecule has 1 nitrogen and oxygen atoms in total. The summed E-state index contributed by atoms with van der Waals surface area (Å²) in [5.74, 6) is -0.0893. The number of fused-ring (bicyclic) bond motifs is 1. The number of aryl methyl sites for hydroxylation is 2. The summed E-state index contributed by atoms with van der Waals surface area (Å²) < 4.78 is 16.0. The zero-order valence-electron chi connectivity index (χ0n) is 10.7. The molecule has 2 heteroatoms. The fraction of sp³-hybridized carbons (Fsp3) is 0.467. The highest BCUT2D eigenvalue weighted by Crippen LogP contribution is 2.25. The molecule has 17 heavy (non-hydrogen) atoms. The van der Waals surface area contributed by atoms with Gasteiger partial charge in [0.05, 0.1) is 5.52 Å². The minimum atomic E-state index is -0.0893. The highest BCUT2D eigenvalue weighted by atomic mass is 19.1. The molecule has 1 heterocycles. The summed E-state index contributed by atoms with van der Waals surface area (Å²) in [5.41, 5.74) is 2.16. The van der Waals surface area contributed by atoms with Gasteiger partial charge >= 0.3 is 0 Å². The molecule has 0 amide bonds. The molecule has 0 aliphatic heterocycles. The Morgan fingerprint density at radius 3 is 2.71 bits per heavy atom. The second kappa shape index (κ2) is 5.35. The third kappa shape index (κ3) is 2.36. The van der Waals surface area contributed by atoms with Gasteiger partial charge in [-0.1, -0.05) is 32.8 Å². The number of nitrogens with zero attached hydrogens (tertiary/aromatic N) is 1. The summed E-state index contributed by atoms with van der Waals surface area (Å²) in [7, 11) is 0. The molecule has 0 atom stereocenters. The molecule has 92 valence electrons. The Hall–Kier alpha value is -1.31. The van der Waals surface area contributed by atoms with Crippen LogP contribution in [0.4, 0.5) is 4.39 Å². The average Bonchev–Trinajstić information content (AvgIpc) is 2.70. The Balaban J connectivity index is 2.39. The number of aromatic nitrogens is 1. The fourth-order valence-electron chi connectivity index (χ4n) is 2.38. The van der Waals surface area contributed by atoms with Crippen LogP contribution in [0.3, 0.4) is 0 Å².